The first kappa shape index (κ1) is 21.3. The van der Waals surface area contributed by atoms with Crippen LogP contribution in [0.4, 0.5) is 10.8 Å². The van der Waals surface area contributed by atoms with Crippen LogP contribution < -0.4 is 9.62 Å². The lowest BCUT2D eigenvalue weighted by Crippen LogP contribution is -2.30. The van der Waals surface area contributed by atoms with Crippen molar-refractivity contribution in [1.29, 1.82) is 0 Å². The zero-order valence-corrected chi connectivity index (χ0v) is 18.5. The first-order valence-corrected chi connectivity index (χ1v) is 12.1. The molecule has 29 heavy (non-hydrogen) atoms. The highest BCUT2D eigenvalue weighted by atomic mass is 32.2. The standard InChI is InChI=1S/C17H20N6O3S3/c1-12(15(24)19-16-18-9-10-27-16)28-17-21-20-14(22(17)2)11-23(29(3,25)26)13-7-5-4-6-8-13/h4-10,12H,11H2,1-3H3,(H,18,19,24). The number of thiazole rings is 1. The molecule has 0 saturated heterocycles. The van der Waals surface area contributed by atoms with Crippen molar-refractivity contribution in [3.63, 3.8) is 0 Å². The van der Waals surface area contributed by atoms with Crippen molar-refractivity contribution in [2.75, 3.05) is 15.9 Å². The van der Waals surface area contributed by atoms with Crippen LogP contribution in [0, 0.1) is 0 Å². The zero-order chi connectivity index (χ0) is 21.0. The van der Waals surface area contributed by atoms with Crippen molar-refractivity contribution in [1.82, 2.24) is 19.7 Å². The Kier molecular flexibility index (Phi) is 6.55. The molecule has 9 nitrogen and oxygen atoms in total. The average molecular weight is 453 g/mol. The van der Waals surface area contributed by atoms with E-state index in [9.17, 15) is 13.2 Å². The summed E-state index contributed by atoms with van der Waals surface area (Å²) in [5, 5.41) is 13.4. The van der Waals surface area contributed by atoms with Crippen LogP contribution >= 0.6 is 23.1 Å². The molecule has 2 aromatic heterocycles. The van der Waals surface area contributed by atoms with E-state index in [1.54, 1.807) is 54.4 Å². The molecule has 0 radical (unpaired) electrons. The van der Waals surface area contributed by atoms with Crippen LogP contribution in [-0.4, -0.2) is 45.6 Å². The number of carbonyl (C=O) groups excluding carboxylic acids is 1. The molecule has 0 spiro atoms. The number of hydrogen-bond donors (Lipinski definition) is 1. The summed E-state index contributed by atoms with van der Waals surface area (Å²) in [4.78, 5) is 16.4. The van der Waals surface area contributed by atoms with Crippen LogP contribution in [0.1, 0.15) is 12.7 Å². The van der Waals surface area contributed by atoms with Gasteiger partial charge in [0.05, 0.1) is 23.7 Å². The third-order valence-corrected chi connectivity index (χ3v) is 6.93. The van der Waals surface area contributed by atoms with E-state index in [1.165, 1.54) is 27.4 Å². The van der Waals surface area contributed by atoms with Gasteiger partial charge in [0, 0.05) is 18.6 Å². The lowest BCUT2D eigenvalue weighted by atomic mass is 10.3. The fourth-order valence-corrected chi connectivity index (χ4v) is 4.63. The second-order valence-electron chi connectivity index (χ2n) is 6.15. The number of benzene rings is 1. The van der Waals surface area contributed by atoms with Crippen molar-refractivity contribution in [2.45, 2.75) is 23.9 Å². The second kappa shape index (κ2) is 8.93. The average Bonchev–Trinajstić information content (AvgIpc) is 3.30. The number of sulfonamides is 1. The molecule has 154 valence electrons. The highest BCUT2D eigenvalue weighted by molar-refractivity contribution is 8.00. The third-order valence-electron chi connectivity index (χ3n) is 3.97. The van der Waals surface area contributed by atoms with E-state index in [0.717, 1.165) is 6.26 Å². The van der Waals surface area contributed by atoms with Crippen molar-refractivity contribution >= 4 is 49.8 Å². The maximum atomic E-state index is 12.3. The van der Waals surface area contributed by atoms with E-state index in [4.69, 9.17) is 0 Å². The molecular weight excluding hydrogens is 432 g/mol. The molecule has 1 N–H and O–H groups in total. The van der Waals surface area contributed by atoms with Crippen molar-refractivity contribution in [3.8, 4) is 0 Å². The van der Waals surface area contributed by atoms with Gasteiger partial charge in [-0.3, -0.25) is 9.10 Å². The lowest BCUT2D eigenvalue weighted by molar-refractivity contribution is -0.115. The highest BCUT2D eigenvalue weighted by Gasteiger charge is 2.23. The summed E-state index contributed by atoms with van der Waals surface area (Å²) in [5.41, 5.74) is 0.545. The molecule has 0 fully saturated rings. The molecule has 0 aliphatic rings. The van der Waals surface area contributed by atoms with Gasteiger partial charge < -0.3 is 9.88 Å². The fraction of sp³-hybridized carbons (Fsp3) is 0.294. The smallest absolute Gasteiger partial charge is 0.239 e. The van der Waals surface area contributed by atoms with E-state index >= 15 is 0 Å². The van der Waals surface area contributed by atoms with Gasteiger partial charge in [0.2, 0.25) is 15.9 Å². The Balaban J connectivity index is 1.73. The normalized spacial score (nSPS) is 12.5. The van der Waals surface area contributed by atoms with E-state index < -0.39 is 15.3 Å². The van der Waals surface area contributed by atoms with Gasteiger partial charge in [-0.25, -0.2) is 13.4 Å². The Hall–Kier alpha value is -2.44. The first-order valence-electron chi connectivity index (χ1n) is 8.53. The number of thioether (sulfide) groups is 1. The van der Waals surface area contributed by atoms with Gasteiger partial charge in [-0.15, -0.1) is 21.5 Å². The van der Waals surface area contributed by atoms with Crippen LogP contribution in [-0.2, 0) is 28.4 Å². The molecule has 0 bridgehead atoms. The van der Waals surface area contributed by atoms with E-state index in [2.05, 4.69) is 20.5 Å². The molecule has 2 heterocycles. The molecule has 1 unspecified atom stereocenters. The minimum absolute atomic E-state index is 0.0343. The maximum absolute atomic E-state index is 12.3. The molecule has 0 saturated carbocycles. The summed E-state index contributed by atoms with van der Waals surface area (Å²) < 4.78 is 27.5. The molecule has 1 amide bonds. The van der Waals surface area contributed by atoms with Crippen LogP contribution in [0.5, 0.6) is 0 Å². The summed E-state index contributed by atoms with van der Waals surface area (Å²) in [7, 11) is -1.77. The lowest BCUT2D eigenvalue weighted by Gasteiger charge is -2.21. The van der Waals surface area contributed by atoms with Gasteiger partial charge in [0.1, 0.15) is 0 Å². The van der Waals surface area contributed by atoms with Crippen molar-refractivity contribution in [2.24, 2.45) is 7.05 Å². The molecule has 0 aliphatic carbocycles. The Morgan fingerprint density at radius 3 is 2.66 bits per heavy atom. The minimum Gasteiger partial charge on any atom is -0.308 e. The van der Waals surface area contributed by atoms with Crippen LogP contribution in [0.25, 0.3) is 0 Å². The quantitative estimate of drug-likeness (QED) is 0.522. The van der Waals surface area contributed by atoms with E-state index in [0.29, 0.717) is 21.8 Å². The number of para-hydroxylation sites is 1. The van der Waals surface area contributed by atoms with Crippen LogP contribution in [0.15, 0.2) is 47.1 Å². The van der Waals surface area contributed by atoms with Crippen molar-refractivity contribution in [3.05, 3.63) is 47.7 Å². The number of aromatic nitrogens is 4. The predicted molar refractivity (Wildman–Crippen MR) is 115 cm³/mol. The fourth-order valence-electron chi connectivity index (χ4n) is 2.41. The molecule has 1 atom stereocenters. The van der Waals surface area contributed by atoms with Gasteiger partial charge in [0.15, 0.2) is 16.1 Å². The van der Waals surface area contributed by atoms with Gasteiger partial charge in [-0.2, -0.15) is 0 Å². The Morgan fingerprint density at radius 1 is 1.31 bits per heavy atom. The van der Waals surface area contributed by atoms with E-state index in [-0.39, 0.29) is 12.5 Å². The van der Waals surface area contributed by atoms with Crippen LogP contribution in [0.3, 0.4) is 0 Å². The zero-order valence-electron chi connectivity index (χ0n) is 16.0. The Bertz CT molecular complexity index is 1070. The Morgan fingerprint density at radius 2 is 2.03 bits per heavy atom. The van der Waals surface area contributed by atoms with Crippen molar-refractivity contribution < 1.29 is 13.2 Å². The highest BCUT2D eigenvalue weighted by Crippen LogP contribution is 2.25. The predicted octanol–water partition coefficient (Wildman–Crippen LogP) is 2.36. The first-order chi connectivity index (χ1) is 13.8. The molecule has 3 rings (SSSR count). The summed E-state index contributed by atoms with van der Waals surface area (Å²) in [6, 6.07) is 8.80. The maximum Gasteiger partial charge on any atom is 0.239 e. The van der Waals surface area contributed by atoms with E-state index in [1.807, 2.05) is 6.07 Å². The number of amides is 1. The SMILES string of the molecule is CC(Sc1nnc(CN(c2ccccc2)S(C)(=O)=O)n1C)C(=O)Nc1nccs1. The molecule has 3 aromatic rings. The topological polar surface area (TPSA) is 110 Å². The summed E-state index contributed by atoms with van der Waals surface area (Å²) in [6.45, 7) is 1.79. The Labute approximate surface area is 177 Å². The largest absolute Gasteiger partial charge is 0.308 e. The number of nitrogens with zero attached hydrogens (tertiary/aromatic N) is 5. The van der Waals surface area contributed by atoms with Gasteiger partial charge in [0.25, 0.3) is 0 Å². The molecule has 12 heteroatoms. The monoisotopic (exact) mass is 452 g/mol. The minimum atomic E-state index is -3.51. The number of hydrogen-bond acceptors (Lipinski definition) is 8. The summed E-state index contributed by atoms with van der Waals surface area (Å²) in [6.07, 6.45) is 2.77. The summed E-state index contributed by atoms with van der Waals surface area (Å²) in [5.74, 6) is 0.269. The van der Waals surface area contributed by atoms with Gasteiger partial charge in [-0.1, -0.05) is 30.0 Å². The molecule has 0 aliphatic heterocycles. The molecule has 1 aromatic carbocycles. The van der Waals surface area contributed by atoms with Gasteiger partial charge in [-0.05, 0) is 19.1 Å². The number of nitrogens with one attached hydrogen (secondary N) is 1. The number of anilines is 2. The number of rotatable bonds is 8. The second-order valence-corrected chi connectivity index (χ2v) is 10.3. The number of carbonyl (C=O) groups is 1. The summed E-state index contributed by atoms with van der Waals surface area (Å²) >= 11 is 2.58. The van der Waals surface area contributed by atoms with Gasteiger partial charge >= 0.3 is 0 Å². The van der Waals surface area contributed by atoms with Crippen LogP contribution in [0.2, 0.25) is 0 Å². The third kappa shape index (κ3) is 5.34. The molecular formula is C17H20N6O3S3.